The van der Waals surface area contributed by atoms with Crippen LogP contribution in [0.5, 0.6) is 17.2 Å². The van der Waals surface area contributed by atoms with Gasteiger partial charge in [-0.05, 0) is 0 Å². The van der Waals surface area contributed by atoms with E-state index in [0.29, 0.717) is 34.8 Å². The van der Waals surface area contributed by atoms with E-state index in [1.165, 1.54) is 12.1 Å². The Morgan fingerprint density at radius 3 is 2.27 bits per heavy atom. The number of carbonyl (C=O) groups excluding carboxylic acids is 1. The van der Waals surface area contributed by atoms with Gasteiger partial charge < -0.3 is 0 Å². The Morgan fingerprint density at radius 2 is 1.73 bits per heavy atom. The van der Waals surface area contributed by atoms with E-state index in [0.717, 1.165) is 23.0 Å². The van der Waals surface area contributed by atoms with Crippen LogP contribution in [-0.4, -0.2) is 32.6 Å². The zero-order valence-corrected chi connectivity index (χ0v) is 15.9. The van der Waals surface area contributed by atoms with E-state index in [-0.39, 0.29) is 0 Å². The molecule has 0 fully saturated rings. The van der Waals surface area contributed by atoms with Crippen molar-refractivity contribution in [3.8, 4) is 17.2 Å². The van der Waals surface area contributed by atoms with Gasteiger partial charge in [0.25, 0.3) is 0 Å². The predicted molar refractivity (Wildman–Crippen MR) is 99.0 cm³/mol. The molecule has 0 N–H and O–H groups in total. The Bertz CT molecular complexity index is 840. The van der Waals surface area contributed by atoms with Crippen molar-refractivity contribution in [2.75, 3.05) is 21.3 Å². The molecule has 0 unspecified atom stereocenters. The van der Waals surface area contributed by atoms with Crippen LogP contribution in [0.1, 0.15) is 32.6 Å². The number of benzene rings is 2. The van der Waals surface area contributed by atoms with Gasteiger partial charge in [-0.3, -0.25) is 0 Å². The zero-order valence-electron chi connectivity index (χ0n) is 14.9. The van der Waals surface area contributed by atoms with Crippen molar-refractivity contribution < 1.29 is 34.0 Å². The molecule has 0 aliphatic heterocycles. The summed E-state index contributed by atoms with van der Waals surface area (Å²) in [6, 6.07) is 7.25. The van der Waals surface area contributed by atoms with Gasteiger partial charge in [0, 0.05) is 0 Å². The van der Waals surface area contributed by atoms with E-state index in [1.807, 2.05) is 24.3 Å². The van der Waals surface area contributed by atoms with Crippen LogP contribution >= 0.6 is 0 Å². The maximum atomic E-state index is 11.2. The van der Waals surface area contributed by atoms with Gasteiger partial charge in [-0.25, -0.2) is 0 Å². The molecule has 0 heterocycles. The van der Waals surface area contributed by atoms with Crippen LogP contribution in [0.3, 0.4) is 0 Å². The molecule has 0 atom stereocenters. The molecule has 0 aliphatic rings. The molecule has 140 valence electrons. The van der Waals surface area contributed by atoms with E-state index in [2.05, 4.69) is 13.0 Å². The first kappa shape index (κ1) is 19.9. The summed E-state index contributed by atoms with van der Waals surface area (Å²) in [5.41, 5.74) is 3.76. The number of aldehydes is 1. The van der Waals surface area contributed by atoms with Crippen LogP contribution in [0.2, 0.25) is 0 Å². The van der Waals surface area contributed by atoms with Crippen LogP contribution < -0.4 is 14.2 Å². The van der Waals surface area contributed by atoms with E-state index >= 15 is 0 Å². The molecule has 0 bridgehead atoms. The van der Waals surface area contributed by atoms with Crippen molar-refractivity contribution >= 4 is 17.4 Å². The van der Waals surface area contributed by atoms with Crippen molar-refractivity contribution in [1.82, 2.24) is 0 Å². The molecule has 0 aliphatic carbocycles. The third-order valence-corrected chi connectivity index (χ3v) is 4.23. The van der Waals surface area contributed by atoms with Crippen LogP contribution in [0, 0.1) is 13.0 Å². The second kappa shape index (κ2) is 9.35. The van der Waals surface area contributed by atoms with Crippen molar-refractivity contribution in [3.63, 3.8) is 0 Å². The Morgan fingerprint density at radius 1 is 1.08 bits per heavy atom. The van der Waals surface area contributed by atoms with Crippen molar-refractivity contribution in [3.05, 3.63) is 65.1 Å². The first-order valence-corrected chi connectivity index (χ1v) is 8.40. The SMILES string of the molecule is [CH2-]Cc1cc(OC)c(OC)cc1[C-]=Cc1ccc(C=O)c(OC)c1[CH]=[Ni]. The maximum absolute atomic E-state index is 11.2. The molecule has 0 spiro atoms. The molecule has 0 saturated carbocycles. The standard InChI is InChI=1S/C21H20O4.Ni/c1-6-15-11-19(23-3)20(24-4)12-17(15)9-7-16-8-10-18(13-22)21(25-5)14(16)2;/h2,7-8,10-13H,1,6H2,3-5H3;/q-2;. The first-order chi connectivity index (χ1) is 12.6. The van der Waals surface area contributed by atoms with Crippen LogP contribution in [-0.2, 0) is 21.5 Å². The normalized spacial score (nSPS) is 10.7. The fourth-order valence-electron chi connectivity index (χ4n) is 2.59. The van der Waals surface area contributed by atoms with Crippen LogP contribution in [0.4, 0.5) is 0 Å². The van der Waals surface area contributed by atoms with Crippen molar-refractivity contribution in [1.29, 1.82) is 0 Å². The third-order valence-electron chi connectivity index (χ3n) is 3.94. The molecule has 0 radical (unpaired) electrons. The van der Waals surface area contributed by atoms with Gasteiger partial charge in [-0.1, -0.05) is 0 Å². The Kier molecular flexibility index (Phi) is 7.17. The van der Waals surface area contributed by atoms with E-state index < -0.39 is 0 Å². The summed E-state index contributed by atoms with van der Waals surface area (Å²) in [7, 11) is 4.70. The van der Waals surface area contributed by atoms with Gasteiger partial charge in [0.05, 0.1) is 0 Å². The molecule has 5 heteroatoms. The minimum absolute atomic E-state index is 0.456. The molecule has 0 saturated heterocycles. The van der Waals surface area contributed by atoms with E-state index in [9.17, 15) is 4.79 Å². The number of hydrogen-bond acceptors (Lipinski definition) is 4. The topological polar surface area (TPSA) is 44.8 Å². The molecule has 0 aromatic heterocycles. The monoisotopic (exact) mass is 394 g/mol. The fourth-order valence-corrected chi connectivity index (χ4v) is 2.88. The number of rotatable bonds is 8. The molecule has 0 amide bonds. The molecular formula is C21H20NiO4-2. The summed E-state index contributed by atoms with van der Waals surface area (Å²) >= 11 is 4.78. The number of ether oxygens (including phenoxy) is 3. The van der Waals surface area contributed by atoms with Crippen molar-refractivity contribution in [2.24, 2.45) is 0 Å². The van der Waals surface area contributed by atoms with Crippen LogP contribution in [0.25, 0.3) is 6.08 Å². The quantitative estimate of drug-likeness (QED) is 0.297. The molecular weight excluding hydrogens is 375 g/mol. The molecule has 26 heavy (non-hydrogen) atoms. The third kappa shape index (κ3) is 4.05. The second-order valence-electron chi connectivity index (χ2n) is 5.30. The van der Waals surface area contributed by atoms with Gasteiger partial charge in [0.15, 0.2) is 0 Å². The predicted octanol–water partition coefficient (Wildman–Crippen LogP) is 3.46. The van der Waals surface area contributed by atoms with Gasteiger partial charge in [0.1, 0.15) is 0 Å². The summed E-state index contributed by atoms with van der Waals surface area (Å²) in [5, 5.41) is 0. The summed E-state index contributed by atoms with van der Waals surface area (Å²) in [4.78, 5) is 12.7. The molecule has 2 rings (SSSR count). The zero-order chi connectivity index (χ0) is 19.1. The fraction of sp³-hybridized carbons (Fsp3) is 0.190. The first-order valence-electron chi connectivity index (χ1n) is 7.83. The van der Waals surface area contributed by atoms with E-state index in [4.69, 9.17) is 29.2 Å². The van der Waals surface area contributed by atoms with Gasteiger partial charge >= 0.3 is 161 Å². The summed E-state index contributed by atoms with van der Waals surface area (Å²) in [6.45, 7) is 3.96. The average Bonchev–Trinajstić information content (AvgIpc) is 2.70. The average molecular weight is 395 g/mol. The number of carbonyl (C=O) groups is 1. The van der Waals surface area contributed by atoms with Gasteiger partial charge in [0.2, 0.25) is 0 Å². The molecule has 2 aromatic rings. The molecule has 2 aromatic carbocycles. The summed E-state index contributed by atoms with van der Waals surface area (Å²) in [5.74, 6) is 1.73. The van der Waals surface area contributed by atoms with Crippen molar-refractivity contribution in [2.45, 2.75) is 6.42 Å². The molecule has 4 nitrogen and oxygen atoms in total. The number of hydrogen-bond donors (Lipinski definition) is 0. The number of methoxy groups -OCH3 is 3. The minimum atomic E-state index is 0.456. The van der Waals surface area contributed by atoms with Crippen LogP contribution in [0.15, 0.2) is 24.3 Å². The van der Waals surface area contributed by atoms with E-state index in [1.54, 1.807) is 20.3 Å². The second-order valence-corrected chi connectivity index (χ2v) is 5.59. The summed E-state index contributed by atoms with van der Waals surface area (Å²) < 4.78 is 16.0. The van der Waals surface area contributed by atoms with Gasteiger partial charge in [-0.2, -0.15) is 0 Å². The summed E-state index contributed by atoms with van der Waals surface area (Å²) in [6.07, 6.45) is 6.40. The Balaban J connectivity index is 2.53. The van der Waals surface area contributed by atoms with Gasteiger partial charge in [-0.15, -0.1) is 0 Å². The Labute approximate surface area is 161 Å². The Hall–Kier alpha value is -2.39.